The maximum Gasteiger partial charge on any atom is 0.244 e. The highest BCUT2D eigenvalue weighted by molar-refractivity contribution is 7.89. The van der Waals surface area contributed by atoms with Crippen molar-refractivity contribution in [3.8, 4) is 0 Å². The number of nitrogens with zero attached hydrogens (tertiary/aromatic N) is 3. The van der Waals surface area contributed by atoms with Crippen molar-refractivity contribution in [2.75, 3.05) is 25.0 Å². The molecule has 130 valence electrons. The van der Waals surface area contributed by atoms with Gasteiger partial charge in [0.2, 0.25) is 10.0 Å². The van der Waals surface area contributed by atoms with Crippen molar-refractivity contribution in [3.63, 3.8) is 0 Å². The average Bonchev–Trinajstić information content (AvgIpc) is 2.58. The smallest absolute Gasteiger partial charge is 0.244 e. The molecule has 0 saturated carbocycles. The van der Waals surface area contributed by atoms with E-state index in [1.165, 1.54) is 22.6 Å². The molecule has 2 rings (SSSR count). The maximum absolute atomic E-state index is 12.9. The van der Waals surface area contributed by atoms with Gasteiger partial charge in [0.25, 0.3) is 0 Å². The van der Waals surface area contributed by atoms with E-state index in [1.807, 2.05) is 11.9 Å². The van der Waals surface area contributed by atoms with Crippen molar-refractivity contribution < 1.29 is 12.8 Å². The zero-order valence-corrected chi connectivity index (χ0v) is 14.9. The van der Waals surface area contributed by atoms with Gasteiger partial charge in [-0.3, -0.25) is 0 Å². The summed E-state index contributed by atoms with van der Waals surface area (Å²) in [6.07, 6.45) is 1.38. The van der Waals surface area contributed by atoms with E-state index in [4.69, 9.17) is 0 Å². The van der Waals surface area contributed by atoms with Gasteiger partial charge in [-0.2, -0.15) is 4.31 Å². The van der Waals surface area contributed by atoms with Gasteiger partial charge in [0, 0.05) is 32.9 Å². The first-order chi connectivity index (χ1) is 11.4. The van der Waals surface area contributed by atoms with Gasteiger partial charge in [0.15, 0.2) is 0 Å². The molecule has 0 bridgehead atoms. The molecule has 0 atom stereocenters. The molecule has 1 heterocycles. The van der Waals surface area contributed by atoms with Crippen LogP contribution in [-0.4, -0.2) is 37.8 Å². The van der Waals surface area contributed by atoms with Crippen LogP contribution in [0.4, 0.5) is 10.2 Å². The molecule has 0 spiro atoms. The molecule has 5 nitrogen and oxygen atoms in total. The Morgan fingerprint density at radius 1 is 1.04 bits per heavy atom. The van der Waals surface area contributed by atoms with Crippen molar-refractivity contribution in [2.24, 2.45) is 0 Å². The van der Waals surface area contributed by atoms with E-state index < -0.39 is 10.0 Å². The standard InChI is InChI=1S/C17H22FN3O2S/c1-4-21(5-2)24(22,23)16-10-11-17(19-12-16)20(3)13-14-6-8-15(18)9-7-14/h6-12H,4-5,13H2,1-3H3. The second kappa shape index (κ2) is 7.72. The first-order valence-corrected chi connectivity index (χ1v) is 9.24. The molecular formula is C17H22FN3O2S. The summed E-state index contributed by atoms with van der Waals surface area (Å²) >= 11 is 0. The molecule has 0 aliphatic carbocycles. The molecule has 0 aliphatic heterocycles. The first kappa shape index (κ1) is 18.4. The van der Waals surface area contributed by atoms with Gasteiger partial charge < -0.3 is 4.90 Å². The molecule has 0 saturated heterocycles. The molecule has 0 amide bonds. The zero-order valence-electron chi connectivity index (χ0n) is 14.1. The van der Waals surface area contributed by atoms with Crippen LogP contribution in [0, 0.1) is 5.82 Å². The van der Waals surface area contributed by atoms with Gasteiger partial charge in [-0.1, -0.05) is 26.0 Å². The summed E-state index contributed by atoms with van der Waals surface area (Å²) in [6, 6.07) is 9.50. The van der Waals surface area contributed by atoms with E-state index in [2.05, 4.69) is 4.98 Å². The van der Waals surface area contributed by atoms with Crippen molar-refractivity contribution >= 4 is 15.8 Å². The number of rotatable bonds is 7. The van der Waals surface area contributed by atoms with Crippen molar-refractivity contribution in [3.05, 3.63) is 54.0 Å². The lowest BCUT2D eigenvalue weighted by atomic mass is 10.2. The molecule has 1 aromatic carbocycles. The van der Waals surface area contributed by atoms with E-state index in [-0.39, 0.29) is 10.7 Å². The van der Waals surface area contributed by atoms with Crippen LogP contribution < -0.4 is 4.90 Å². The second-order valence-corrected chi connectivity index (χ2v) is 7.36. The molecule has 0 radical (unpaired) electrons. The Hall–Kier alpha value is -1.99. The SMILES string of the molecule is CCN(CC)S(=O)(=O)c1ccc(N(C)Cc2ccc(F)cc2)nc1. The van der Waals surface area contributed by atoms with E-state index in [9.17, 15) is 12.8 Å². The van der Waals surface area contributed by atoms with Gasteiger partial charge in [-0.25, -0.2) is 17.8 Å². The lowest BCUT2D eigenvalue weighted by Crippen LogP contribution is -2.30. The fraction of sp³-hybridized carbons (Fsp3) is 0.353. The topological polar surface area (TPSA) is 53.5 Å². The second-order valence-electron chi connectivity index (χ2n) is 5.42. The monoisotopic (exact) mass is 351 g/mol. The Labute approximate surface area is 142 Å². The van der Waals surface area contributed by atoms with Crippen LogP contribution in [0.2, 0.25) is 0 Å². The molecule has 0 aliphatic rings. The lowest BCUT2D eigenvalue weighted by molar-refractivity contribution is 0.445. The highest BCUT2D eigenvalue weighted by atomic mass is 32.2. The number of hydrogen-bond acceptors (Lipinski definition) is 4. The number of hydrogen-bond donors (Lipinski definition) is 0. The Morgan fingerprint density at radius 3 is 2.17 bits per heavy atom. The van der Waals surface area contributed by atoms with Gasteiger partial charge in [-0.15, -0.1) is 0 Å². The third-order valence-corrected chi connectivity index (χ3v) is 5.82. The number of pyridine rings is 1. The number of anilines is 1. The van der Waals surface area contributed by atoms with Crippen LogP contribution in [0.15, 0.2) is 47.5 Å². The summed E-state index contributed by atoms with van der Waals surface area (Å²) in [6.45, 7) is 5.00. The molecule has 2 aromatic rings. The minimum Gasteiger partial charge on any atom is -0.355 e. The number of sulfonamides is 1. The molecular weight excluding hydrogens is 329 g/mol. The third-order valence-electron chi connectivity index (χ3n) is 3.79. The summed E-state index contributed by atoms with van der Waals surface area (Å²) in [5, 5.41) is 0. The van der Waals surface area contributed by atoms with Gasteiger partial charge in [0.05, 0.1) is 0 Å². The maximum atomic E-state index is 12.9. The van der Waals surface area contributed by atoms with E-state index in [0.717, 1.165) is 5.56 Å². The normalized spacial score (nSPS) is 11.7. The Kier molecular flexibility index (Phi) is 5.90. The lowest BCUT2D eigenvalue weighted by Gasteiger charge is -2.20. The molecule has 1 aromatic heterocycles. The van der Waals surface area contributed by atoms with Crippen LogP contribution in [-0.2, 0) is 16.6 Å². The predicted molar refractivity (Wildman–Crippen MR) is 92.9 cm³/mol. The average molecular weight is 351 g/mol. The molecule has 7 heteroatoms. The van der Waals surface area contributed by atoms with Crippen LogP contribution in [0.25, 0.3) is 0 Å². The molecule has 0 fully saturated rings. The summed E-state index contributed by atoms with van der Waals surface area (Å²) in [4.78, 5) is 6.32. The van der Waals surface area contributed by atoms with E-state index in [0.29, 0.717) is 25.5 Å². The van der Waals surface area contributed by atoms with Crippen molar-refractivity contribution in [1.29, 1.82) is 0 Å². The predicted octanol–water partition coefficient (Wildman–Crippen LogP) is 2.89. The van der Waals surface area contributed by atoms with Crippen LogP contribution in [0.3, 0.4) is 0 Å². The van der Waals surface area contributed by atoms with Gasteiger partial charge >= 0.3 is 0 Å². The Bertz CT molecular complexity index is 757. The minimum atomic E-state index is -3.50. The summed E-state index contributed by atoms with van der Waals surface area (Å²) in [7, 11) is -1.65. The van der Waals surface area contributed by atoms with Crippen LogP contribution in [0.1, 0.15) is 19.4 Å². The van der Waals surface area contributed by atoms with Crippen LogP contribution in [0.5, 0.6) is 0 Å². The number of aromatic nitrogens is 1. The Morgan fingerprint density at radius 2 is 1.67 bits per heavy atom. The van der Waals surface area contributed by atoms with E-state index in [1.54, 1.807) is 38.1 Å². The molecule has 0 N–H and O–H groups in total. The van der Waals surface area contributed by atoms with Gasteiger partial charge in [-0.05, 0) is 29.8 Å². The summed E-state index contributed by atoms with van der Waals surface area (Å²) in [5.41, 5.74) is 0.945. The quantitative estimate of drug-likeness (QED) is 0.770. The zero-order chi connectivity index (χ0) is 17.7. The summed E-state index contributed by atoms with van der Waals surface area (Å²) in [5.74, 6) is 0.378. The van der Waals surface area contributed by atoms with Crippen LogP contribution >= 0.6 is 0 Å². The van der Waals surface area contributed by atoms with Crippen molar-refractivity contribution in [1.82, 2.24) is 9.29 Å². The minimum absolute atomic E-state index is 0.185. The number of halogens is 1. The summed E-state index contributed by atoms with van der Waals surface area (Å²) < 4.78 is 39.2. The van der Waals surface area contributed by atoms with Crippen molar-refractivity contribution in [2.45, 2.75) is 25.3 Å². The highest BCUT2D eigenvalue weighted by Gasteiger charge is 2.22. The fourth-order valence-corrected chi connectivity index (χ4v) is 3.81. The molecule has 24 heavy (non-hydrogen) atoms. The van der Waals surface area contributed by atoms with Gasteiger partial charge in [0.1, 0.15) is 16.5 Å². The largest absolute Gasteiger partial charge is 0.355 e. The highest BCUT2D eigenvalue weighted by Crippen LogP contribution is 2.18. The number of benzene rings is 1. The third kappa shape index (κ3) is 4.10. The Balaban J connectivity index is 2.15. The first-order valence-electron chi connectivity index (χ1n) is 7.80. The van der Waals surface area contributed by atoms with E-state index >= 15 is 0 Å². The molecule has 0 unspecified atom stereocenters. The fourth-order valence-electron chi connectivity index (χ4n) is 2.41.